The van der Waals surface area contributed by atoms with Crippen LogP contribution in [0.2, 0.25) is 0 Å². The van der Waals surface area contributed by atoms with Gasteiger partial charge >= 0.3 is 5.97 Å². The van der Waals surface area contributed by atoms with Gasteiger partial charge in [0.1, 0.15) is 18.1 Å². The molecule has 0 bridgehead atoms. The van der Waals surface area contributed by atoms with Gasteiger partial charge in [0.05, 0.1) is 7.11 Å². The van der Waals surface area contributed by atoms with Gasteiger partial charge in [0.25, 0.3) is 0 Å². The lowest BCUT2D eigenvalue weighted by Crippen LogP contribution is -2.11. The fourth-order valence-corrected chi connectivity index (χ4v) is 2.57. The van der Waals surface area contributed by atoms with Gasteiger partial charge in [-0.3, -0.25) is 0 Å². The first kappa shape index (κ1) is 13.4. The molecule has 0 N–H and O–H groups in total. The Balaban J connectivity index is 3.25. The third kappa shape index (κ3) is 2.91. The molecule has 0 aliphatic heterocycles. The number of rotatable bonds is 3. The van der Waals surface area contributed by atoms with E-state index in [1.54, 1.807) is 6.07 Å². The zero-order valence-electron chi connectivity index (χ0n) is 9.18. The molecule has 6 heteroatoms. The van der Waals surface area contributed by atoms with Crippen molar-refractivity contribution < 1.29 is 18.6 Å². The van der Waals surface area contributed by atoms with Gasteiger partial charge in [0.15, 0.2) is 9.79 Å². The molecule has 88 valence electrons. The molecule has 0 saturated carbocycles. The maximum absolute atomic E-state index is 11.5. The van der Waals surface area contributed by atoms with Gasteiger partial charge in [-0.25, -0.2) is 4.79 Å². The molecule has 2 atom stereocenters. The zero-order valence-corrected chi connectivity index (χ0v) is 10.8. The van der Waals surface area contributed by atoms with E-state index in [2.05, 4.69) is 4.74 Å². The Hall–Kier alpha value is -0.690. The van der Waals surface area contributed by atoms with Crippen LogP contribution in [-0.2, 0) is 27.1 Å². The third-order valence-corrected chi connectivity index (χ3v) is 3.87. The molecule has 0 aromatic heterocycles. The molecule has 1 aromatic carbocycles. The number of methoxy groups -OCH3 is 1. The quantitative estimate of drug-likeness (QED) is 0.599. The molecule has 0 spiro atoms. The smallest absolute Gasteiger partial charge is 0.342 e. The number of carbonyl (C=O) groups is 1. The van der Waals surface area contributed by atoms with E-state index < -0.39 is 28.3 Å². The molecule has 0 amide bonds. The topological polar surface area (TPSA) is 72.4 Å². The summed E-state index contributed by atoms with van der Waals surface area (Å²) in [7, 11) is 1.26. The predicted octanol–water partition coefficient (Wildman–Crippen LogP) is 0.948. The van der Waals surface area contributed by atoms with E-state index in [9.17, 15) is 13.9 Å². The molecular formula is C10H12O4S2. The van der Waals surface area contributed by atoms with E-state index in [1.165, 1.54) is 31.8 Å². The second-order valence-electron chi connectivity index (χ2n) is 3.06. The van der Waals surface area contributed by atoms with Gasteiger partial charge in [0, 0.05) is 6.07 Å². The number of hydrogen-bond acceptors (Lipinski definition) is 4. The van der Waals surface area contributed by atoms with E-state index in [4.69, 9.17) is 0 Å². The Morgan fingerprint density at radius 1 is 1.25 bits per heavy atom. The van der Waals surface area contributed by atoms with Crippen molar-refractivity contribution in [3.8, 4) is 0 Å². The highest BCUT2D eigenvalue weighted by Crippen LogP contribution is 2.21. The maximum Gasteiger partial charge on any atom is 0.342 e. The zero-order chi connectivity index (χ0) is 12.3. The molecule has 0 fully saturated rings. The predicted molar refractivity (Wildman–Crippen MR) is 62.4 cm³/mol. The summed E-state index contributed by atoms with van der Waals surface area (Å²) in [5.74, 6) is -0.543. The first-order valence-electron chi connectivity index (χ1n) is 4.36. The van der Waals surface area contributed by atoms with E-state index in [-0.39, 0.29) is 5.56 Å². The molecule has 0 heterocycles. The highest BCUT2D eigenvalue weighted by Gasteiger charge is 2.21. The van der Waals surface area contributed by atoms with Crippen molar-refractivity contribution in [1.82, 2.24) is 0 Å². The van der Waals surface area contributed by atoms with Crippen LogP contribution in [0.4, 0.5) is 0 Å². The minimum absolute atomic E-state index is 0.248. The average Bonchev–Trinajstić information content (AvgIpc) is 2.26. The normalized spacial score (nSPS) is 14.3. The maximum atomic E-state index is 11.5. The number of ether oxygens (including phenoxy) is 1. The molecule has 1 rings (SSSR count). The van der Waals surface area contributed by atoms with E-state index in [0.717, 1.165) is 0 Å². The van der Waals surface area contributed by atoms with Crippen molar-refractivity contribution in [2.24, 2.45) is 0 Å². The standard InChI is InChI=1S/C10H12O4S2/c1-14-10(11)8-5-4-7(15(2)12)6-9(8)16(3)13/h4-6H,1-3H3. The molecule has 0 saturated heterocycles. The van der Waals surface area contributed by atoms with Gasteiger partial charge in [-0.1, -0.05) is 0 Å². The molecule has 4 nitrogen and oxygen atoms in total. The highest BCUT2D eigenvalue weighted by molar-refractivity contribution is 7.91. The highest BCUT2D eigenvalue weighted by atomic mass is 32.2. The van der Waals surface area contributed by atoms with Crippen LogP contribution >= 0.6 is 0 Å². The van der Waals surface area contributed by atoms with Crippen LogP contribution in [0.15, 0.2) is 28.0 Å². The summed E-state index contributed by atoms with van der Waals surface area (Å²) in [6.45, 7) is 0. The minimum atomic E-state index is -1.32. The van der Waals surface area contributed by atoms with Crippen LogP contribution in [0, 0.1) is 0 Å². The number of benzene rings is 1. The fourth-order valence-electron chi connectivity index (χ4n) is 1.20. The van der Waals surface area contributed by atoms with Crippen LogP contribution in [0.25, 0.3) is 0 Å². The number of esters is 1. The third-order valence-electron chi connectivity index (χ3n) is 2.00. The second kappa shape index (κ2) is 5.58. The summed E-state index contributed by atoms with van der Waals surface area (Å²) in [4.78, 5) is 12.3. The van der Waals surface area contributed by atoms with Gasteiger partial charge in [-0.2, -0.15) is 0 Å². The van der Waals surface area contributed by atoms with Gasteiger partial charge < -0.3 is 13.8 Å². The van der Waals surface area contributed by atoms with Crippen molar-refractivity contribution in [3.63, 3.8) is 0 Å². The minimum Gasteiger partial charge on any atom is -0.612 e. The number of carbonyl (C=O) groups excluding carboxylic acids is 1. The lowest BCUT2D eigenvalue weighted by molar-refractivity contribution is 0.0596. The Morgan fingerprint density at radius 3 is 2.31 bits per heavy atom. The lowest BCUT2D eigenvalue weighted by Gasteiger charge is -2.11. The molecule has 0 aliphatic rings. The monoisotopic (exact) mass is 260 g/mol. The largest absolute Gasteiger partial charge is 0.612 e. The lowest BCUT2D eigenvalue weighted by atomic mass is 10.2. The van der Waals surface area contributed by atoms with Crippen molar-refractivity contribution in [1.29, 1.82) is 0 Å². The first-order chi connectivity index (χ1) is 7.47. The Labute approximate surface area is 100 Å². The average molecular weight is 260 g/mol. The summed E-state index contributed by atoms with van der Waals surface area (Å²) in [5, 5.41) is 0. The van der Waals surface area contributed by atoms with E-state index in [0.29, 0.717) is 9.79 Å². The Morgan fingerprint density at radius 2 is 1.88 bits per heavy atom. The summed E-state index contributed by atoms with van der Waals surface area (Å²) in [6, 6.07) is 4.57. The van der Waals surface area contributed by atoms with Gasteiger partial charge in [-0.15, -0.1) is 0 Å². The van der Waals surface area contributed by atoms with Crippen molar-refractivity contribution in [2.75, 3.05) is 19.6 Å². The van der Waals surface area contributed by atoms with Crippen LogP contribution in [-0.4, -0.2) is 34.7 Å². The Kier molecular flexibility index (Phi) is 4.67. The van der Waals surface area contributed by atoms with E-state index in [1.807, 2.05) is 0 Å². The van der Waals surface area contributed by atoms with Crippen molar-refractivity contribution in [2.45, 2.75) is 9.79 Å². The van der Waals surface area contributed by atoms with Gasteiger partial charge in [0.2, 0.25) is 0 Å². The molecule has 1 aromatic rings. The molecule has 2 unspecified atom stereocenters. The van der Waals surface area contributed by atoms with Crippen LogP contribution < -0.4 is 0 Å². The van der Waals surface area contributed by atoms with Crippen molar-refractivity contribution in [3.05, 3.63) is 23.8 Å². The van der Waals surface area contributed by atoms with Crippen LogP contribution in [0.3, 0.4) is 0 Å². The molecule has 0 radical (unpaired) electrons. The van der Waals surface area contributed by atoms with Crippen molar-refractivity contribution >= 4 is 28.3 Å². The number of hydrogen-bond donors (Lipinski definition) is 0. The summed E-state index contributed by atoms with van der Waals surface area (Å²) in [6.07, 6.45) is 2.99. The first-order valence-corrected chi connectivity index (χ1v) is 7.48. The van der Waals surface area contributed by atoms with Crippen LogP contribution in [0.5, 0.6) is 0 Å². The summed E-state index contributed by atoms with van der Waals surface area (Å²) >= 11 is -2.49. The molecule has 0 aliphatic carbocycles. The molecule has 16 heavy (non-hydrogen) atoms. The summed E-state index contributed by atoms with van der Waals surface area (Å²) in [5.41, 5.74) is 0.248. The fraction of sp³-hybridized carbons (Fsp3) is 0.300. The second-order valence-corrected chi connectivity index (χ2v) is 5.79. The summed E-state index contributed by atoms with van der Waals surface area (Å²) < 4.78 is 27.3. The Bertz CT molecular complexity index is 390. The molecular weight excluding hydrogens is 248 g/mol. The van der Waals surface area contributed by atoms with E-state index >= 15 is 0 Å². The SMILES string of the molecule is COC(=O)c1ccc([S+](C)[O-])cc1[S+](C)[O-]. The van der Waals surface area contributed by atoms with Crippen LogP contribution in [0.1, 0.15) is 10.4 Å². The van der Waals surface area contributed by atoms with Gasteiger partial charge in [-0.05, 0) is 34.5 Å².